The van der Waals surface area contributed by atoms with Gasteiger partial charge in [-0.3, -0.25) is 0 Å². The fourth-order valence-corrected chi connectivity index (χ4v) is 3.81. The highest BCUT2D eigenvalue weighted by Gasteiger charge is 2.23. The van der Waals surface area contributed by atoms with Crippen molar-refractivity contribution >= 4 is 24.9 Å². The first kappa shape index (κ1) is 10.8. The second-order valence-corrected chi connectivity index (χ2v) is 9.40. The molecular weight excluding hydrogens is 196 g/mol. The van der Waals surface area contributed by atoms with Gasteiger partial charge < -0.3 is 0 Å². The van der Waals surface area contributed by atoms with E-state index >= 15 is 0 Å². The minimum atomic E-state index is -1.35. The minimum Gasteiger partial charge on any atom is -0.130 e. The maximum Gasteiger partial charge on any atom is 0.0962 e. The van der Waals surface area contributed by atoms with Crippen LogP contribution in [0.1, 0.15) is 12.5 Å². The van der Waals surface area contributed by atoms with Gasteiger partial charge in [-0.05, 0) is 12.0 Å². The molecule has 1 aromatic carbocycles. The maximum absolute atomic E-state index is 6.02. The summed E-state index contributed by atoms with van der Waals surface area (Å²) in [6.45, 7) is 6.86. The third-order valence-corrected chi connectivity index (χ3v) is 7.08. The number of alkyl halides is 1. The van der Waals surface area contributed by atoms with Crippen LogP contribution in [0, 0.1) is 0 Å². The van der Waals surface area contributed by atoms with Crippen LogP contribution < -0.4 is 5.19 Å². The van der Waals surface area contributed by atoms with Crippen LogP contribution in [-0.2, 0) is 6.42 Å². The number of hydrogen-bond acceptors (Lipinski definition) is 0. The maximum atomic E-state index is 6.02. The van der Waals surface area contributed by atoms with Crippen LogP contribution in [0.5, 0.6) is 0 Å². The lowest BCUT2D eigenvalue weighted by molar-refractivity contribution is 1.15. The molecule has 0 bridgehead atoms. The molecule has 0 aliphatic rings. The zero-order valence-electron chi connectivity index (χ0n) is 8.60. The molecule has 0 aromatic heterocycles. The first-order valence-corrected chi connectivity index (χ1v) is 8.50. The summed E-state index contributed by atoms with van der Waals surface area (Å²) < 4.78 is 0. The molecule has 1 rings (SSSR count). The summed E-state index contributed by atoms with van der Waals surface area (Å²) in [5.41, 5.74) is 2.28. The Bertz CT molecular complexity index is 281. The molecule has 1 aromatic rings. The van der Waals surface area contributed by atoms with Gasteiger partial charge in [-0.25, -0.2) is 0 Å². The first-order chi connectivity index (χ1) is 6.11. The molecule has 0 N–H and O–H groups in total. The van der Waals surface area contributed by atoms with Crippen molar-refractivity contribution in [1.82, 2.24) is 0 Å². The standard InChI is InChI=1S/C11H17ClSi/c1-4-10-7-5-6-8-11(10)13(2,3)9-12/h5-8H,4,9H2,1-3H3. The number of hydrogen-bond donors (Lipinski definition) is 0. The fourth-order valence-electron chi connectivity index (χ4n) is 1.56. The van der Waals surface area contributed by atoms with Crippen LogP contribution in [0.25, 0.3) is 0 Å². The second-order valence-electron chi connectivity index (χ2n) is 4.03. The molecule has 0 spiro atoms. The van der Waals surface area contributed by atoms with E-state index in [4.69, 9.17) is 11.6 Å². The number of aryl methyl sites for hydroxylation is 1. The van der Waals surface area contributed by atoms with Crippen molar-refractivity contribution in [2.75, 3.05) is 5.50 Å². The highest BCUT2D eigenvalue weighted by molar-refractivity contribution is 6.94. The van der Waals surface area contributed by atoms with E-state index in [0.29, 0.717) is 0 Å². The largest absolute Gasteiger partial charge is 0.130 e. The number of halogens is 1. The summed E-state index contributed by atoms with van der Waals surface area (Å²) in [6, 6.07) is 8.70. The molecule has 2 heteroatoms. The third-order valence-electron chi connectivity index (χ3n) is 2.46. The van der Waals surface area contributed by atoms with Crippen molar-refractivity contribution in [3.63, 3.8) is 0 Å². The SMILES string of the molecule is CCc1ccccc1[Si](C)(C)CCl. The summed E-state index contributed by atoms with van der Waals surface area (Å²) in [5.74, 6) is 0. The van der Waals surface area contributed by atoms with Gasteiger partial charge in [-0.1, -0.05) is 49.5 Å². The summed E-state index contributed by atoms with van der Waals surface area (Å²) in [6.07, 6.45) is 1.11. The summed E-state index contributed by atoms with van der Waals surface area (Å²) in [5, 5.41) is 1.52. The van der Waals surface area contributed by atoms with Crippen molar-refractivity contribution in [2.45, 2.75) is 26.4 Å². The molecule has 0 fully saturated rings. The third kappa shape index (κ3) is 2.35. The lowest BCUT2D eigenvalue weighted by Crippen LogP contribution is -2.45. The topological polar surface area (TPSA) is 0 Å². The van der Waals surface area contributed by atoms with Gasteiger partial charge >= 0.3 is 0 Å². The molecule has 0 aliphatic heterocycles. The van der Waals surface area contributed by atoms with E-state index < -0.39 is 8.07 Å². The average Bonchev–Trinajstić information content (AvgIpc) is 2.18. The zero-order chi connectivity index (χ0) is 9.90. The Morgan fingerprint density at radius 2 is 1.85 bits per heavy atom. The Morgan fingerprint density at radius 3 is 2.38 bits per heavy atom. The average molecular weight is 213 g/mol. The van der Waals surface area contributed by atoms with Crippen LogP contribution in [0.4, 0.5) is 0 Å². The number of rotatable bonds is 3. The molecule has 0 unspecified atom stereocenters. The van der Waals surface area contributed by atoms with Crippen LogP contribution in [0.3, 0.4) is 0 Å². The van der Waals surface area contributed by atoms with Gasteiger partial charge in [0, 0.05) is 5.50 Å². The monoisotopic (exact) mass is 212 g/mol. The van der Waals surface area contributed by atoms with E-state index in [1.807, 2.05) is 0 Å². The van der Waals surface area contributed by atoms with E-state index in [0.717, 1.165) is 11.9 Å². The minimum absolute atomic E-state index is 0.810. The van der Waals surface area contributed by atoms with Crippen LogP contribution >= 0.6 is 11.6 Å². The highest BCUT2D eigenvalue weighted by atomic mass is 35.5. The van der Waals surface area contributed by atoms with E-state index in [9.17, 15) is 0 Å². The van der Waals surface area contributed by atoms with E-state index in [2.05, 4.69) is 44.3 Å². The van der Waals surface area contributed by atoms with Crippen LogP contribution in [-0.4, -0.2) is 13.6 Å². The van der Waals surface area contributed by atoms with Crippen molar-refractivity contribution in [3.8, 4) is 0 Å². The van der Waals surface area contributed by atoms with Gasteiger partial charge in [0.05, 0.1) is 8.07 Å². The Labute approximate surface area is 86.9 Å². The highest BCUT2D eigenvalue weighted by Crippen LogP contribution is 2.09. The van der Waals surface area contributed by atoms with Gasteiger partial charge in [-0.15, -0.1) is 11.6 Å². The summed E-state index contributed by atoms with van der Waals surface area (Å²) in [4.78, 5) is 0. The molecule has 0 amide bonds. The lowest BCUT2D eigenvalue weighted by atomic mass is 10.2. The molecule has 0 heterocycles. The Kier molecular flexibility index (Phi) is 3.57. The number of benzene rings is 1. The summed E-state index contributed by atoms with van der Waals surface area (Å²) in [7, 11) is -1.35. The van der Waals surface area contributed by atoms with Crippen LogP contribution in [0.15, 0.2) is 24.3 Å². The smallest absolute Gasteiger partial charge is 0.0962 e. The van der Waals surface area contributed by atoms with Crippen molar-refractivity contribution in [1.29, 1.82) is 0 Å². The van der Waals surface area contributed by atoms with E-state index in [1.165, 1.54) is 10.8 Å². The molecular formula is C11H17ClSi. The van der Waals surface area contributed by atoms with Crippen molar-refractivity contribution in [2.24, 2.45) is 0 Å². The van der Waals surface area contributed by atoms with Crippen LogP contribution in [0.2, 0.25) is 13.1 Å². The molecule has 13 heavy (non-hydrogen) atoms. The predicted molar refractivity (Wildman–Crippen MR) is 63.7 cm³/mol. The molecule has 72 valence electrons. The Hall–Kier alpha value is -0.273. The molecule has 0 atom stereocenters. The van der Waals surface area contributed by atoms with E-state index in [1.54, 1.807) is 0 Å². The summed E-state index contributed by atoms with van der Waals surface area (Å²) >= 11 is 6.02. The Morgan fingerprint density at radius 1 is 1.23 bits per heavy atom. The van der Waals surface area contributed by atoms with Gasteiger partial charge in [0.15, 0.2) is 0 Å². The van der Waals surface area contributed by atoms with Gasteiger partial charge in [0.2, 0.25) is 0 Å². The Balaban J connectivity index is 3.12. The molecule has 0 aliphatic carbocycles. The van der Waals surface area contributed by atoms with Gasteiger partial charge in [0.1, 0.15) is 0 Å². The van der Waals surface area contributed by atoms with Gasteiger partial charge in [-0.2, -0.15) is 0 Å². The van der Waals surface area contributed by atoms with Crippen molar-refractivity contribution in [3.05, 3.63) is 29.8 Å². The predicted octanol–water partition coefficient (Wildman–Crippen LogP) is 2.94. The second kappa shape index (κ2) is 4.29. The zero-order valence-corrected chi connectivity index (χ0v) is 10.4. The molecule has 0 nitrogen and oxygen atoms in total. The normalized spacial score (nSPS) is 11.7. The fraction of sp³-hybridized carbons (Fsp3) is 0.455. The van der Waals surface area contributed by atoms with Crippen molar-refractivity contribution < 1.29 is 0 Å². The van der Waals surface area contributed by atoms with E-state index in [-0.39, 0.29) is 0 Å². The quantitative estimate of drug-likeness (QED) is 0.534. The lowest BCUT2D eigenvalue weighted by Gasteiger charge is -2.22. The molecule has 0 saturated carbocycles. The first-order valence-electron chi connectivity index (χ1n) is 4.76. The molecule has 0 radical (unpaired) electrons. The van der Waals surface area contributed by atoms with Gasteiger partial charge in [0.25, 0.3) is 0 Å². The molecule has 0 saturated heterocycles.